The fraction of sp³-hybridized carbons (Fsp3) is 0.400. The van der Waals surface area contributed by atoms with E-state index in [2.05, 4.69) is 23.5 Å². The molecule has 0 spiro atoms. The number of hydrogen-bond donors (Lipinski definition) is 2. The second-order valence-electron chi connectivity index (χ2n) is 7.01. The molecule has 2 amide bonds. The van der Waals surface area contributed by atoms with E-state index in [4.69, 9.17) is 4.74 Å². The van der Waals surface area contributed by atoms with E-state index in [9.17, 15) is 9.59 Å². The van der Waals surface area contributed by atoms with Crippen LogP contribution in [0.3, 0.4) is 0 Å². The fourth-order valence-electron chi connectivity index (χ4n) is 3.65. The first-order valence-electron chi connectivity index (χ1n) is 9.37. The van der Waals surface area contributed by atoms with Crippen molar-refractivity contribution in [3.63, 3.8) is 0 Å². The molecule has 0 unspecified atom stereocenters. The third-order valence-corrected chi connectivity index (χ3v) is 6.05. The van der Waals surface area contributed by atoms with Crippen LogP contribution in [0.15, 0.2) is 35.7 Å². The molecule has 0 atom stereocenters. The van der Waals surface area contributed by atoms with Crippen LogP contribution in [0.5, 0.6) is 5.75 Å². The van der Waals surface area contributed by atoms with Gasteiger partial charge in [-0.05, 0) is 35.2 Å². The number of amides is 2. The molecule has 0 radical (unpaired) electrons. The average molecular weight is 386 g/mol. The molecule has 7 heteroatoms. The zero-order valence-electron chi connectivity index (χ0n) is 15.2. The van der Waals surface area contributed by atoms with Gasteiger partial charge in [-0.3, -0.25) is 9.59 Å². The topological polar surface area (TPSA) is 63.1 Å². The van der Waals surface area contributed by atoms with Gasteiger partial charge in [0.2, 0.25) is 5.91 Å². The summed E-state index contributed by atoms with van der Waals surface area (Å²) < 4.78 is 5.57. The Morgan fingerprint density at radius 2 is 2.07 bits per heavy atom. The second-order valence-corrected chi connectivity index (χ2v) is 7.96. The van der Waals surface area contributed by atoms with Gasteiger partial charge in [0.05, 0.1) is 44.2 Å². The highest BCUT2D eigenvalue weighted by Gasteiger charge is 2.24. The Hall–Kier alpha value is -2.38. The first-order valence-corrected chi connectivity index (χ1v) is 10.2. The zero-order valence-corrected chi connectivity index (χ0v) is 16.0. The lowest BCUT2D eigenvalue weighted by Gasteiger charge is -2.32. The summed E-state index contributed by atoms with van der Waals surface area (Å²) in [4.78, 5) is 28.3. The van der Waals surface area contributed by atoms with E-state index in [1.165, 1.54) is 27.4 Å². The number of ether oxygens (including phenoxy) is 1. The van der Waals surface area contributed by atoms with E-state index in [0.717, 1.165) is 51.5 Å². The monoisotopic (exact) mass is 386 g/mol. The van der Waals surface area contributed by atoms with Crippen LogP contribution < -0.4 is 15.0 Å². The van der Waals surface area contributed by atoms with Crippen LogP contribution in [-0.4, -0.2) is 56.0 Å². The van der Waals surface area contributed by atoms with Gasteiger partial charge in [-0.25, -0.2) is 0 Å². The number of quaternary nitrogens is 1. The van der Waals surface area contributed by atoms with E-state index in [-0.39, 0.29) is 18.4 Å². The minimum atomic E-state index is -0.178. The minimum absolute atomic E-state index is 0.00589. The summed E-state index contributed by atoms with van der Waals surface area (Å²) in [5.41, 5.74) is 2.64. The summed E-state index contributed by atoms with van der Waals surface area (Å²) in [6.07, 6.45) is 0.998. The fourth-order valence-corrected chi connectivity index (χ4v) is 4.29. The maximum atomic E-state index is 12.4. The molecule has 2 aromatic rings. The van der Waals surface area contributed by atoms with E-state index < -0.39 is 0 Å². The Morgan fingerprint density at radius 1 is 1.22 bits per heavy atom. The van der Waals surface area contributed by atoms with Gasteiger partial charge in [-0.1, -0.05) is 6.07 Å². The van der Waals surface area contributed by atoms with Crippen LogP contribution in [0.1, 0.15) is 20.8 Å². The maximum Gasteiger partial charge on any atom is 0.261 e. The van der Waals surface area contributed by atoms with E-state index in [1.54, 1.807) is 6.07 Å². The highest BCUT2D eigenvalue weighted by Crippen LogP contribution is 2.25. The Kier molecular flexibility index (Phi) is 5.40. The molecular weight excluding hydrogens is 362 g/mol. The molecule has 1 aromatic heterocycles. The zero-order chi connectivity index (χ0) is 18.6. The molecule has 2 N–H and O–H groups in total. The molecule has 2 aliphatic rings. The number of hydrogen-bond acceptors (Lipinski definition) is 4. The van der Waals surface area contributed by atoms with Gasteiger partial charge in [-0.2, -0.15) is 0 Å². The maximum absolute atomic E-state index is 12.4. The quantitative estimate of drug-likeness (QED) is 0.779. The highest BCUT2D eigenvalue weighted by molar-refractivity contribution is 7.12. The number of nitrogens with zero attached hydrogens (tertiary/aromatic N) is 1. The molecule has 4 rings (SSSR count). The van der Waals surface area contributed by atoms with Gasteiger partial charge in [0.1, 0.15) is 12.3 Å². The summed E-state index contributed by atoms with van der Waals surface area (Å²) >= 11 is 1.38. The molecule has 27 heavy (non-hydrogen) atoms. The van der Waals surface area contributed by atoms with Gasteiger partial charge >= 0.3 is 0 Å². The van der Waals surface area contributed by atoms with Gasteiger partial charge in [0.25, 0.3) is 5.91 Å². The number of carbonyl (C=O) groups excluding carboxylic acids is 2. The van der Waals surface area contributed by atoms with Gasteiger partial charge in [0, 0.05) is 12.0 Å². The number of carbonyl (C=O) groups is 2. The summed E-state index contributed by atoms with van der Waals surface area (Å²) in [6, 6.07) is 10.1. The van der Waals surface area contributed by atoms with Crippen molar-refractivity contribution in [1.82, 2.24) is 10.2 Å². The largest absolute Gasteiger partial charge is 0.493 e. The van der Waals surface area contributed by atoms with Crippen molar-refractivity contribution >= 4 is 23.2 Å². The third-order valence-electron chi connectivity index (χ3n) is 5.18. The van der Waals surface area contributed by atoms with E-state index >= 15 is 0 Å². The molecule has 0 saturated carbocycles. The highest BCUT2D eigenvalue weighted by atomic mass is 32.1. The lowest BCUT2D eigenvalue weighted by Crippen LogP contribution is -3.13. The Balaban J connectivity index is 1.22. The normalized spacial score (nSPS) is 16.7. The molecule has 3 heterocycles. The number of thiophene rings is 1. The molecule has 6 nitrogen and oxygen atoms in total. The molecular formula is C20H24N3O3S+. The van der Waals surface area contributed by atoms with Crippen LogP contribution in [0.4, 0.5) is 0 Å². The van der Waals surface area contributed by atoms with Gasteiger partial charge < -0.3 is 19.9 Å². The number of benzene rings is 1. The molecule has 2 aliphatic heterocycles. The molecule has 0 aliphatic carbocycles. The SMILES string of the molecule is O=C(NCC(=O)N1CC[NH+](Cc2ccc3c(c2)CCO3)CC1)c1cccs1. The van der Waals surface area contributed by atoms with Crippen LogP contribution in [0, 0.1) is 0 Å². The first kappa shape index (κ1) is 18.0. The summed E-state index contributed by atoms with van der Waals surface area (Å²) in [5.74, 6) is 0.839. The van der Waals surface area contributed by atoms with Crippen LogP contribution in [-0.2, 0) is 17.8 Å². The number of nitrogens with one attached hydrogen (secondary N) is 2. The van der Waals surface area contributed by atoms with Gasteiger partial charge in [-0.15, -0.1) is 11.3 Å². The predicted octanol–water partition coefficient (Wildman–Crippen LogP) is 0.340. The summed E-state index contributed by atoms with van der Waals surface area (Å²) in [7, 11) is 0. The lowest BCUT2D eigenvalue weighted by molar-refractivity contribution is -0.917. The second kappa shape index (κ2) is 8.10. The average Bonchev–Trinajstić information content (AvgIpc) is 3.38. The molecule has 0 bridgehead atoms. The Bertz CT molecular complexity index is 814. The minimum Gasteiger partial charge on any atom is -0.493 e. The number of piperazine rings is 1. The van der Waals surface area contributed by atoms with Crippen molar-refractivity contribution in [2.24, 2.45) is 0 Å². The van der Waals surface area contributed by atoms with Gasteiger partial charge in [0.15, 0.2) is 0 Å². The first-order chi connectivity index (χ1) is 13.2. The van der Waals surface area contributed by atoms with E-state index in [1.807, 2.05) is 16.3 Å². The number of rotatable bonds is 5. The molecule has 1 aromatic carbocycles. The summed E-state index contributed by atoms with van der Waals surface area (Å²) in [6.45, 7) is 5.15. The standard InChI is InChI=1S/C20H23N3O3S/c24-19(13-21-20(25)18-2-1-11-27-18)23-8-6-22(7-9-23)14-15-3-4-17-16(12-15)5-10-26-17/h1-4,11-12H,5-10,13-14H2,(H,21,25)/p+1. The third kappa shape index (κ3) is 4.31. The van der Waals surface area contributed by atoms with E-state index in [0.29, 0.717) is 4.88 Å². The van der Waals surface area contributed by atoms with Crippen LogP contribution >= 0.6 is 11.3 Å². The molecule has 142 valence electrons. The predicted molar refractivity (Wildman–Crippen MR) is 103 cm³/mol. The van der Waals surface area contributed by atoms with Crippen LogP contribution in [0.25, 0.3) is 0 Å². The van der Waals surface area contributed by atoms with Crippen molar-refractivity contribution < 1.29 is 19.2 Å². The smallest absolute Gasteiger partial charge is 0.261 e. The summed E-state index contributed by atoms with van der Waals surface area (Å²) in [5, 5.41) is 4.57. The Morgan fingerprint density at radius 3 is 2.85 bits per heavy atom. The van der Waals surface area contributed by atoms with Crippen molar-refractivity contribution in [2.75, 3.05) is 39.3 Å². The molecule has 1 fully saturated rings. The lowest BCUT2D eigenvalue weighted by atomic mass is 10.1. The van der Waals surface area contributed by atoms with Crippen molar-refractivity contribution in [1.29, 1.82) is 0 Å². The van der Waals surface area contributed by atoms with Crippen molar-refractivity contribution in [2.45, 2.75) is 13.0 Å². The number of fused-ring (bicyclic) bond motifs is 1. The van der Waals surface area contributed by atoms with Crippen molar-refractivity contribution in [3.8, 4) is 5.75 Å². The van der Waals surface area contributed by atoms with Crippen LogP contribution in [0.2, 0.25) is 0 Å². The molecule has 1 saturated heterocycles. The van der Waals surface area contributed by atoms with Crippen molar-refractivity contribution in [3.05, 3.63) is 51.7 Å². The Labute approximate surface area is 162 Å².